The molecule has 25 heavy (non-hydrogen) atoms. The van der Waals surface area contributed by atoms with E-state index in [9.17, 15) is 0 Å². The average molecular weight is 334 g/mol. The SMILES string of the molecule is CCOc1cnc(C#Cc2ccc(C3CCC(CC)CC3)cc2)nc1. The second kappa shape index (κ2) is 8.67. The van der Waals surface area contributed by atoms with Gasteiger partial charge in [-0.05, 0) is 68.1 Å². The maximum atomic E-state index is 5.33. The number of aromatic nitrogens is 2. The molecule has 1 aromatic heterocycles. The molecule has 0 atom stereocenters. The molecule has 0 unspecified atom stereocenters. The minimum absolute atomic E-state index is 0.519. The first kappa shape index (κ1) is 17.5. The van der Waals surface area contributed by atoms with Crippen LogP contribution in [0.5, 0.6) is 5.75 Å². The van der Waals surface area contributed by atoms with Crippen LogP contribution in [0.2, 0.25) is 0 Å². The standard InChI is InChI=1S/C22H26N2O/c1-3-17-5-10-19(11-6-17)20-12-7-18(8-13-20)9-14-22-23-15-21(16-24-22)25-4-2/h7-8,12-13,15-17,19H,3-6,10-11H2,1-2H3. The summed E-state index contributed by atoms with van der Waals surface area (Å²) < 4.78 is 5.33. The minimum Gasteiger partial charge on any atom is -0.491 e. The largest absolute Gasteiger partial charge is 0.491 e. The van der Waals surface area contributed by atoms with Crippen LogP contribution in [0.3, 0.4) is 0 Å². The molecule has 0 radical (unpaired) electrons. The number of ether oxygens (including phenoxy) is 1. The zero-order valence-corrected chi connectivity index (χ0v) is 15.2. The van der Waals surface area contributed by atoms with Gasteiger partial charge in [0.15, 0.2) is 5.75 Å². The molecule has 1 saturated carbocycles. The smallest absolute Gasteiger partial charge is 0.205 e. The van der Waals surface area contributed by atoms with Crippen LogP contribution in [-0.2, 0) is 0 Å². The van der Waals surface area contributed by atoms with E-state index in [0.29, 0.717) is 18.2 Å². The average Bonchev–Trinajstić information content (AvgIpc) is 2.68. The Bertz CT molecular complexity index is 717. The third-order valence-electron chi connectivity index (χ3n) is 5.06. The Hall–Kier alpha value is -2.34. The summed E-state index contributed by atoms with van der Waals surface area (Å²) in [6.45, 7) is 4.86. The molecular formula is C22H26N2O. The van der Waals surface area contributed by atoms with Crippen molar-refractivity contribution in [3.8, 4) is 17.6 Å². The molecule has 1 fully saturated rings. The van der Waals surface area contributed by atoms with Crippen LogP contribution in [0, 0.1) is 17.8 Å². The maximum Gasteiger partial charge on any atom is 0.205 e. The van der Waals surface area contributed by atoms with E-state index >= 15 is 0 Å². The van der Waals surface area contributed by atoms with Gasteiger partial charge in [0.25, 0.3) is 0 Å². The zero-order chi connectivity index (χ0) is 17.5. The van der Waals surface area contributed by atoms with Gasteiger partial charge in [-0.15, -0.1) is 0 Å². The Morgan fingerprint density at radius 3 is 2.24 bits per heavy atom. The molecule has 0 spiro atoms. The predicted molar refractivity (Wildman–Crippen MR) is 101 cm³/mol. The first-order valence-corrected chi connectivity index (χ1v) is 9.35. The summed E-state index contributed by atoms with van der Waals surface area (Å²) in [6, 6.07) is 8.70. The van der Waals surface area contributed by atoms with Crippen molar-refractivity contribution < 1.29 is 4.74 Å². The molecule has 1 aromatic carbocycles. The Labute approximate surface area is 150 Å². The van der Waals surface area contributed by atoms with Gasteiger partial charge < -0.3 is 4.74 Å². The van der Waals surface area contributed by atoms with E-state index in [4.69, 9.17) is 4.74 Å². The van der Waals surface area contributed by atoms with E-state index in [1.54, 1.807) is 12.4 Å². The third-order valence-corrected chi connectivity index (χ3v) is 5.06. The van der Waals surface area contributed by atoms with E-state index in [-0.39, 0.29) is 0 Å². The van der Waals surface area contributed by atoms with Crippen molar-refractivity contribution in [3.05, 3.63) is 53.6 Å². The van der Waals surface area contributed by atoms with Crippen molar-refractivity contribution >= 4 is 0 Å². The molecule has 3 rings (SSSR count). The fourth-order valence-corrected chi connectivity index (χ4v) is 3.49. The summed E-state index contributed by atoms with van der Waals surface area (Å²) in [4.78, 5) is 8.42. The van der Waals surface area contributed by atoms with Gasteiger partial charge in [0.1, 0.15) is 0 Å². The first-order valence-electron chi connectivity index (χ1n) is 9.35. The van der Waals surface area contributed by atoms with Crippen molar-refractivity contribution in [2.45, 2.75) is 51.9 Å². The van der Waals surface area contributed by atoms with E-state index in [1.807, 2.05) is 6.92 Å². The summed E-state index contributed by atoms with van der Waals surface area (Å²) in [5, 5.41) is 0. The van der Waals surface area contributed by atoms with Crippen LogP contribution >= 0.6 is 0 Å². The number of hydrogen-bond acceptors (Lipinski definition) is 3. The van der Waals surface area contributed by atoms with E-state index in [2.05, 4.69) is 53.0 Å². The van der Waals surface area contributed by atoms with Gasteiger partial charge in [-0.1, -0.05) is 31.4 Å². The molecule has 130 valence electrons. The molecule has 0 bridgehead atoms. The third kappa shape index (κ3) is 4.82. The number of hydrogen-bond donors (Lipinski definition) is 0. The predicted octanol–water partition coefficient (Wildman–Crippen LogP) is 4.96. The molecule has 3 nitrogen and oxygen atoms in total. The monoisotopic (exact) mass is 334 g/mol. The summed E-state index contributed by atoms with van der Waals surface area (Å²) in [6.07, 6.45) is 10.0. The fourth-order valence-electron chi connectivity index (χ4n) is 3.49. The molecule has 1 aliphatic carbocycles. The molecular weight excluding hydrogens is 308 g/mol. The van der Waals surface area contributed by atoms with Gasteiger partial charge in [0.05, 0.1) is 19.0 Å². The van der Waals surface area contributed by atoms with Crippen molar-refractivity contribution in [3.63, 3.8) is 0 Å². The van der Waals surface area contributed by atoms with Crippen molar-refractivity contribution in [1.29, 1.82) is 0 Å². The number of rotatable bonds is 4. The molecule has 1 heterocycles. The lowest BCUT2D eigenvalue weighted by molar-refractivity contribution is 0.319. The lowest BCUT2D eigenvalue weighted by Crippen LogP contribution is -2.12. The second-order valence-electron chi connectivity index (χ2n) is 6.67. The quantitative estimate of drug-likeness (QED) is 0.741. The van der Waals surface area contributed by atoms with Gasteiger partial charge in [0, 0.05) is 5.56 Å². The van der Waals surface area contributed by atoms with Crippen molar-refractivity contribution in [2.75, 3.05) is 6.61 Å². The van der Waals surface area contributed by atoms with E-state index in [1.165, 1.54) is 37.7 Å². The molecule has 0 amide bonds. The Morgan fingerprint density at radius 1 is 0.960 bits per heavy atom. The second-order valence-corrected chi connectivity index (χ2v) is 6.67. The van der Waals surface area contributed by atoms with Crippen molar-refractivity contribution in [1.82, 2.24) is 9.97 Å². The molecule has 0 N–H and O–H groups in total. The Balaban J connectivity index is 1.61. The van der Waals surface area contributed by atoms with Gasteiger partial charge in [-0.3, -0.25) is 0 Å². The molecule has 3 heteroatoms. The maximum absolute atomic E-state index is 5.33. The summed E-state index contributed by atoms with van der Waals surface area (Å²) in [5.74, 6) is 9.01. The van der Waals surface area contributed by atoms with E-state index < -0.39 is 0 Å². The summed E-state index contributed by atoms with van der Waals surface area (Å²) in [7, 11) is 0. The minimum atomic E-state index is 0.519. The topological polar surface area (TPSA) is 35.0 Å². The van der Waals surface area contributed by atoms with Crippen LogP contribution in [0.1, 0.15) is 68.8 Å². The highest BCUT2D eigenvalue weighted by molar-refractivity contribution is 5.40. The lowest BCUT2D eigenvalue weighted by atomic mass is 9.78. The fraction of sp³-hybridized carbons (Fsp3) is 0.455. The highest BCUT2D eigenvalue weighted by Gasteiger charge is 2.20. The zero-order valence-electron chi connectivity index (χ0n) is 15.2. The molecule has 0 saturated heterocycles. The lowest BCUT2D eigenvalue weighted by Gasteiger charge is -2.28. The highest BCUT2D eigenvalue weighted by Crippen LogP contribution is 2.36. The summed E-state index contributed by atoms with van der Waals surface area (Å²) in [5.41, 5.74) is 2.46. The summed E-state index contributed by atoms with van der Waals surface area (Å²) >= 11 is 0. The van der Waals surface area contributed by atoms with E-state index in [0.717, 1.165) is 17.4 Å². The van der Waals surface area contributed by atoms with Crippen LogP contribution in [0.15, 0.2) is 36.7 Å². The highest BCUT2D eigenvalue weighted by atomic mass is 16.5. The molecule has 2 aromatic rings. The van der Waals surface area contributed by atoms with Gasteiger partial charge in [0.2, 0.25) is 5.82 Å². The van der Waals surface area contributed by atoms with Gasteiger partial charge >= 0.3 is 0 Å². The Morgan fingerprint density at radius 2 is 1.64 bits per heavy atom. The van der Waals surface area contributed by atoms with Crippen molar-refractivity contribution in [2.24, 2.45) is 5.92 Å². The first-order chi connectivity index (χ1) is 12.3. The number of benzene rings is 1. The number of nitrogens with zero attached hydrogens (tertiary/aromatic N) is 2. The van der Waals surface area contributed by atoms with Crippen LogP contribution < -0.4 is 4.74 Å². The Kier molecular flexibility index (Phi) is 6.06. The molecule has 1 aliphatic rings. The van der Waals surface area contributed by atoms with Crippen LogP contribution in [0.25, 0.3) is 0 Å². The normalized spacial score (nSPS) is 19.8. The van der Waals surface area contributed by atoms with Gasteiger partial charge in [-0.25, -0.2) is 9.97 Å². The molecule has 0 aliphatic heterocycles. The van der Waals surface area contributed by atoms with Gasteiger partial charge in [-0.2, -0.15) is 0 Å². The van der Waals surface area contributed by atoms with Crippen LogP contribution in [-0.4, -0.2) is 16.6 Å². The van der Waals surface area contributed by atoms with Crippen LogP contribution in [0.4, 0.5) is 0 Å².